The molecule has 1 aliphatic rings. The van der Waals surface area contributed by atoms with Crippen molar-refractivity contribution in [3.63, 3.8) is 0 Å². The summed E-state index contributed by atoms with van der Waals surface area (Å²) in [5.41, 5.74) is 0. The van der Waals surface area contributed by atoms with Crippen molar-refractivity contribution in [2.24, 2.45) is 11.8 Å². The third-order valence-electron chi connectivity index (χ3n) is 2.80. The number of hydrogen-bond donors (Lipinski definition) is 1. The van der Waals surface area contributed by atoms with Gasteiger partial charge in [0.1, 0.15) is 0 Å². The molecule has 1 saturated heterocycles. The number of nitrogens with one attached hydrogen (secondary N) is 1. The van der Waals surface area contributed by atoms with E-state index < -0.39 is 0 Å². The van der Waals surface area contributed by atoms with Crippen molar-refractivity contribution < 1.29 is 9.53 Å². The molecule has 1 rings (SSSR count). The van der Waals surface area contributed by atoms with Gasteiger partial charge in [0.25, 0.3) is 0 Å². The normalized spacial score (nSPS) is 20.9. The first-order chi connectivity index (χ1) is 8.00. The van der Waals surface area contributed by atoms with Gasteiger partial charge in [-0.25, -0.2) is 0 Å². The van der Waals surface area contributed by atoms with Crippen LogP contribution in [0, 0.1) is 11.8 Å². The Morgan fingerprint density at radius 1 is 1.35 bits per heavy atom. The fourth-order valence-corrected chi connectivity index (χ4v) is 1.94. The van der Waals surface area contributed by atoms with E-state index in [0.29, 0.717) is 31.7 Å². The van der Waals surface area contributed by atoms with Crippen LogP contribution in [0.1, 0.15) is 34.1 Å². The fraction of sp³-hybridized carbons (Fsp3) is 0.923. The molecule has 4 heteroatoms. The lowest BCUT2D eigenvalue weighted by molar-refractivity contribution is -0.129. The van der Waals surface area contributed by atoms with Crippen molar-refractivity contribution in [3.05, 3.63) is 0 Å². The number of ether oxygens (including phenoxy) is 1. The molecule has 1 N–H and O–H groups in total. The molecule has 0 radical (unpaired) electrons. The maximum atomic E-state index is 12.0. The summed E-state index contributed by atoms with van der Waals surface area (Å²) in [6.07, 6.45) is 0.919. The Bertz CT molecular complexity index is 242. The van der Waals surface area contributed by atoms with Gasteiger partial charge in [0.05, 0.1) is 19.3 Å². The number of rotatable bonds is 7. The summed E-state index contributed by atoms with van der Waals surface area (Å²) >= 11 is 0. The van der Waals surface area contributed by atoms with Crippen LogP contribution in [0.25, 0.3) is 0 Å². The summed E-state index contributed by atoms with van der Waals surface area (Å²) < 4.78 is 5.50. The number of carbonyl (C=O) groups is 1. The van der Waals surface area contributed by atoms with Gasteiger partial charge in [-0.1, -0.05) is 27.7 Å². The zero-order valence-electron chi connectivity index (χ0n) is 11.5. The van der Waals surface area contributed by atoms with Crippen LogP contribution in [-0.2, 0) is 9.53 Å². The fourth-order valence-electron chi connectivity index (χ4n) is 1.94. The third kappa shape index (κ3) is 5.04. The molecule has 1 amide bonds. The Morgan fingerprint density at radius 3 is 2.65 bits per heavy atom. The van der Waals surface area contributed by atoms with Crippen molar-refractivity contribution >= 4 is 5.91 Å². The van der Waals surface area contributed by atoms with Crippen molar-refractivity contribution in [3.8, 4) is 0 Å². The van der Waals surface area contributed by atoms with E-state index in [1.807, 2.05) is 4.90 Å². The smallest absolute Gasteiger partial charge is 0.240 e. The van der Waals surface area contributed by atoms with Gasteiger partial charge in [-0.15, -0.1) is 0 Å². The predicted molar refractivity (Wildman–Crippen MR) is 68.6 cm³/mol. The number of amides is 1. The lowest BCUT2D eigenvalue weighted by Crippen LogP contribution is -2.33. The van der Waals surface area contributed by atoms with Gasteiger partial charge in [-0.05, 0) is 18.3 Å². The van der Waals surface area contributed by atoms with Crippen LogP contribution in [-0.4, -0.2) is 43.3 Å². The topological polar surface area (TPSA) is 41.6 Å². The van der Waals surface area contributed by atoms with Gasteiger partial charge in [0.15, 0.2) is 0 Å². The standard InChI is InChI=1S/C13H26N2O2/c1-10(2)7-12-13(16)15(9-14-12)5-6-17-8-11(3)4/h10-12,14H,5-9H2,1-4H3. The maximum absolute atomic E-state index is 12.0. The summed E-state index contributed by atoms with van der Waals surface area (Å²) in [6.45, 7) is 11.3. The van der Waals surface area contributed by atoms with E-state index >= 15 is 0 Å². The van der Waals surface area contributed by atoms with Crippen molar-refractivity contribution in [1.29, 1.82) is 0 Å². The first-order valence-electron chi connectivity index (χ1n) is 6.60. The minimum Gasteiger partial charge on any atom is -0.379 e. The van der Waals surface area contributed by atoms with E-state index in [4.69, 9.17) is 4.74 Å². The van der Waals surface area contributed by atoms with Crippen LogP contribution in [0.2, 0.25) is 0 Å². The van der Waals surface area contributed by atoms with Gasteiger partial charge in [-0.3, -0.25) is 10.1 Å². The molecule has 0 saturated carbocycles. The second kappa shape index (κ2) is 6.97. The molecule has 0 aromatic heterocycles. The predicted octanol–water partition coefficient (Wildman–Crippen LogP) is 1.46. The molecular weight excluding hydrogens is 216 g/mol. The SMILES string of the molecule is CC(C)COCCN1CNC(CC(C)C)C1=O. The Balaban J connectivity index is 2.21. The van der Waals surface area contributed by atoms with Gasteiger partial charge in [0, 0.05) is 13.2 Å². The second-order valence-electron chi connectivity index (χ2n) is 5.61. The van der Waals surface area contributed by atoms with Crippen LogP contribution >= 0.6 is 0 Å². The molecule has 17 heavy (non-hydrogen) atoms. The van der Waals surface area contributed by atoms with Gasteiger partial charge in [0.2, 0.25) is 5.91 Å². The Morgan fingerprint density at radius 2 is 2.06 bits per heavy atom. The minimum absolute atomic E-state index is 0.0140. The summed E-state index contributed by atoms with van der Waals surface area (Å²) in [5.74, 6) is 1.33. The van der Waals surface area contributed by atoms with E-state index in [2.05, 4.69) is 33.0 Å². The molecule has 0 aromatic rings. The molecule has 1 fully saturated rings. The van der Waals surface area contributed by atoms with Crippen LogP contribution < -0.4 is 5.32 Å². The third-order valence-corrected chi connectivity index (χ3v) is 2.80. The van der Waals surface area contributed by atoms with Gasteiger partial charge in [-0.2, -0.15) is 0 Å². The van der Waals surface area contributed by atoms with Crippen LogP contribution in [0.15, 0.2) is 0 Å². The molecule has 0 aliphatic carbocycles. The molecular formula is C13H26N2O2. The monoisotopic (exact) mass is 242 g/mol. The van der Waals surface area contributed by atoms with E-state index in [1.165, 1.54) is 0 Å². The first kappa shape index (κ1) is 14.5. The average Bonchev–Trinajstić information content (AvgIpc) is 2.55. The number of nitrogens with zero attached hydrogens (tertiary/aromatic N) is 1. The molecule has 1 heterocycles. The Hall–Kier alpha value is -0.610. The highest BCUT2D eigenvalue weighted by Gasteiger charge is 2.30. The minimum atomic E-state index is 0.0140. The first-order valence-corrected chi connectivity index (χ1v) is 6.60. The van der Waals surface area contributed by atoms with Crippen molar-refractivity contribution in [2.75, 3.05) is 26.4 Å². The van der Waals surface area contributed by atoms with E-state index in [9.17, 15) is 4.79 Å². The molecule has 1 atom stereocenters. The van der Waals surface area contributed by atoms with Crippen molar-refractivity contribution in [1.82, 2.24) is 10.2 Å². The van der Waals surface area contributed by atoms with E-state index in [-0.39, 0.29) is 11.9 Å². The Labute approximate surface area is 105 Å². The second-order valence-corrected chi connectivity index (χ2v) is 5.61. The highest BCUT2D eigenvalue weighted by molar-refractivity contribution is 5.83. The largest absolute Gasteiger partial charge is 0.379 e. The van der Waals surface area contributed by atoms with E-state index in [1.54, 1.807) is 0 Å². The van der Waals surface area contributed by atoms with Crippen LogP contribution in [0.3, 0.4) is 0 Å². The summed E-state index contributed by atoms with van der Waals surface area (Å²) in [4.78, 5) is 13.8. The van der Waals surface area contributed by atoms with E-state index in [0.717, 1.165) is 13.0 Å². The highest BCUT2D eigenvalue weighted by atomic mass is 16.5. The maximum Gasteiger partial charge on any atom is 0.240 e. The molecule has 1 unspecified atom stereocenters. The molecule has 0 aromatic carbocycles. The molecule has 0 bridgehead atoms. The van der Waals surface area contributed by atoms with Crippen LogP contribution in [0.5, 0.6) is 0 Å². The zero-order valence-corrected chi connectivity index (χ0v) is 11.5. The van der Waals surface area contributed by atoms with Gasteiger partial charge < -0.3 is 9.64 Å². The molecule has 4 nitrogen and oxygen atoms in total. The quantitative estimate of drug-likeness (QED) is 0.687. The average molecular weight is 242 g/mol. The lowest BCUT2D eigenvalue weighted by Gasteiger charge is -2.16. The number of hydrogen-bond acceptors (Lipinski definition) is 3. The number of carbonyl (C=O) groups excluding carboxylic acids is 1. The lowest BCUT2D eigenvalue weighted by atomic mass is 10.0. The van der Waals surface area contributed by atoms with Crippen molar-refractivity contribution in [2.45, 2.75) is 40.2 Å². The zero-order chi connectivity index (χ0) is 12.8. The molecule has 1 aliphatic heterocycles. The van der Waals surface area contributed by atoms with Crippen LogP contribution in [0.4, 0.5) is 0 Å². The van der Waals surface area contributed by atoms with Gasteiger partial charge >= 0.3 is 0 Å². The summed E-state index contributed by atoms with van der Waals surface area (Å²) in [5, 5.41) is 3.26. The molecule has 0 spiro atoms. The highest BCUT2D eigenvalue weighted by Crippen LogP contribution is 2.12. The molecule has 100 valence electrons. The Kier molecular flexibility index (Phi) is 5.92. The summed E-state index contributed by atoms with van der Waals surface area (Å²) in [6, 6.07) is 0.0140. The summed E-state index contributed by atoms with van der Waals surface area (Å²) in [7, 11) is 0.